The van der Waals surface area contributed by atoms with Gasteiger partial charge in [0, 0.05) is 6.61 Å². The van der Waals surface area contributed by atoms with E-state index in [9.17, 15) is 4.39 Å². The van der Waals surface area contributed by atoms with Crippen molar-refractivity contribution in [3.8, 4) is 0 Å². The average Bonchev–Trinajstić information content (AvgIpc) is 2.30. The Bertz CT molecular complexity index is 288. The molecule has 1 fully saturated rings. The van der Waals surface area contributed by atoms with Crippen LogP contribution < -0.4 is 0 Å². The Balaban J connectivity index is 1.79. The average molecular weight is 208 g/mol. The molecule has 1 heterocycles. The quantitative estimate of drug-likeness (QED) is 0.740. The van der Waals surface area contributed by atoms with Crippen molar-refractivity contribution in [1.29, 1.82) is 0 Å². The van der Waals surface area contributed by atoms with Crippen LogP contribution in [0.2, 0.25) is 0 Å². The lowest BCUT2D eigenvalue weighted by Gasteiger charge is -2.22. The summed E-state index contributed by atoms with van der Waals surface area (Å²) in [6, 6.07) is 6.77. The van der Waals surface area contributed by atoms with E-state index in [1.807, 2.05) is 12.1 Å². The molecule has 1 unspecified atom stereocenters. The molecule has 0 N–H and O–H groups in total. The largest absolute Gasteiger partial charge is 0.378 e. The third kappa shape index (κ3) is 3.31. The molecule has 1 aromatic rings. The van der Waals surface area contributed by atoms with Crippen molar-refractivity contribution in [3.05, 3.63) is 35.6 Å². The molecule has 1 aliphatic heterocycles. The first-order valence-corrected chi connectivity index (χ1v) is 5.70. The van der Waals surface area contributed by atoms with E-state index in [0.29, 0.717) is 6.10 Å². The summed E-state index contributed by atoms with van der Waals surface area (Å²) < 4.78 is 18.3. The third-order valence-corrected chi connectivity index (χ3v) is 2.94. The number of rotatable bonds is 3. The molecule has 0 aliphatic carbocycles. The van der Waals surface area contributed by atoms with Gasteiger partial charge in [-0.05, 0) is 49.8 Å². The van der Waals surface area contributed by atoms with E-state index < -0.39 is 0 Å². The van der Waals surface area contributed by atoms with E-state index in [2.05, 4.69) is 0 Å². The van der Waals surface area contributed by atoms with E-state index in [4.69, 9.17) is 4.74 Å². The van der Waals surface area contributed by atoms with Crippen molar-refractivity contribution < 1.29 is 9.13 Å². The monoisotopic (exact) mass is 208 g/mol. The number of hydrogen-bond acceptors (Lipinski definition) is 1. The fourth-order valence-electron chi connectivity index (χ4n) is 2.01. The van der Waals surface area contributed by atoms with Gasteiger partial charge in [-0.15, -0.1) is 0 Å². The Morgan fingerprint density at radius 2 is 2.00 bits per heavy atom. The summed E-state index contributed by atoms with van der Waals surface area (Å²) in [5, 5.41) is 0. The first-order valence-electron chi connectivity index (χ1n) is 5.70. The predicted octanol–water partition coefficient (Wildman–Crippen LogP) is 3.33. The van der Waals surface area contributed by atoms with E-state index in [1.54, 1.807) is 0 Å². The topological polar surface area (TPSA) is 9.23 Å². The van der Waals surface area contributed by atoms with Crippen LogP contribution in [0.15, 0.2) is 24.3 Å². The van der Waals surface area contributed by atoms with E-state index in [0.717, 1.165) is 19.4 Å². The molecule has 0 bridgehead atoms. The maximum Gasteiger partial charge on any atom is 0.123 e. The Kier molecular flexibility index (Phi) is 3.73. The molecular weight excluding hydrogens is 191 g/mol. The smallest absolute Gasteiger partial charge is 0.123 e. The highest BCUT2D eigenvalue weighted by atomic mass is 19.1. The summed E-state index contributed by atoms with van der Waals surface area (Å²) >= 11 is 0. The molecule has 1 atom stereocenters. The van der Waals surface area contributed by atoms with Crippen LogP contribution >= 0.6 is 0 Å². The van der Waals surface area contributed by atoms with Crippen LogP contribution in [0.25, 0.3) is 0 Å². The van der Waals surface area contributed by atoms with Crippen LogP contribution in [-0.2, 0) is 11.2 Å². The van der Waals surface area contributed by atoms with Gasteiger partial charge in [-0.25, -0.2) is 4.39 Å². The van der Waals surface area contributed by atoms with Gasteiger partial charge in [0.2, 0.25) is 0 Å². The van der Waals surface area contributed by atoms with Crippen LogP contribution in [0.5, 0.6) is 0 Å². The Morgan fingerprint density at radius 3 is 2.67 bits per heavy atom. The number of benzene rings is 1. The minimum absolute atomic E-state index is 0.160. The molecule has 0 amide bonds. The fraction of sp³-hybridized carbons (Fsp3) is 0.538. The zero-order chi connectivity index (χ0) is 10.5. The second kappa shape index (κ2) is 5.26. The van der Waals surface area contributed by atoms with Gasteiger partial charge in [-0.2, -0.15) is 0 Å². The number of ether oxygens (including phenoxy) is 1. The summed E-state index contributed by atoms with van der Waals surface area (Å²) in [6.07, 6.45) is 6.14. The zero-order valence-corrected chi connectivity index (χ0v) is 8.92. The van der Waals surface area contributed by atoms with Gasteiger partial charge in [0.05, 0.1) is 6.10 Å². The summed E-state index contributed by atoms with van der Waals surface area (Å²) in [4.78, 5) is 0. The van der Waals surface area contributed by atoms with Crippen molar-refractivity contribution in [2.45, 2.75) is 38.2 Å². The summed E-state index contributed by atoms with van der Waals surface area (Å²) in [6.45, 7) is 0.911. The van der Waals surface area contributed by atoms with E-state index >= 15 is 0 Å². The molecule has 0 radical (unpaired) electrons. The predicted molar refractivity (Wildman–Crippen MR) is 58.3 cm³/mol. The van der Waals surface area contributed by atoms with Gasteiger partial charge in [-0.3, -0.25) is 0 Å². The number of hydrogen-bond donors (Lipinski definition) is 0. The van der Waals surface area contributed by atoms with Gasteiger partial charge in [-0.1, -0.05) is 12.1 Å². The minimum atomic E-state index is -0.160. The Labute approximate surface area is 90.3 Å². The molecule has 2 heteroatoms. The molecule has 1 saturated heterocycles. The number of halogens is 1. The fourth-order valence-corrected chi connectivity index (χ4v) is 2.01. The molecule has 15 heavy (non-hydrogen) atoms. The zero-order valence-electron chi connectivity index (χ0n) is 8.92. The summed E-state index contributed by atoms with van der Waals surface area (Å²) in [5.74, 6) is -0.160. The van der Waals surface area contributed by atoms with Crippen molar-refractivity contribution in [2.24, 2.45) is 0 Å². The highest BCUT2D eigenvalue weighted by Crippen LogP contribution is 2.17. The lowest BCUT2D eigenvalue weighted by Crippen LogP contribution is -2.19. The molecule has 1 nitrogen and oxygen atoms in total. The van der Waals surface area contributed by atoms with Gasteiger partial charge >= 0.3 is 0 Å². The lowest BCUT2D eigenvalue weighted by atomic mass is 10.0. The van der Waals surface area contributed by atoms with Crippen molar-refractivity contribution in [3.63, 3.8) is 0 Å². The van der Waals surface area contributed by atoms with Crippen LogP contribution in [0, 0.1) is 5.82 Å². The SMILES string of the molecule is Fc1ccc(CCC2CCCCO2)cc1. The summed E-state index contributed by atoms with van der Waals surface area (Å²) in [7, 11) is 0. The normalized spacial score (nSPS) is 21.5. The van der Waals surface area contributed by atoms with Crippen LogP contribution in [0.1, 0.15) is 31.2 Å². The van der Waals surface area contributed by atoms with Crippen molar-refractivity contribution >= 4 is 0 Å². The molecule has 82 valence electrons. The Morgan fingerprint density at radius 1 is 1.20 bits per heavy atom. The highest BCUT2D eigenvalue weighted by molar-refractivity contribution is 5.16. The molecule has 1 aliphatic rings. The second-order valence-electron chi connectivity index (χ2n) is 4.15. The van der Waals surface area contributed by atoms with Gasteiger partial charge in [0.25, 0.3) is 0 Å². The minimum Gasteiger partial charge on any atom is -0.378 e. The Hall–Kier alpha value is -0.890. The van der Waals surface area contributed by atoms with Gasteiger partial charge in [0.15, 0.2) is 0 Å². The van der Waals surface area contributed by atoms with E-state index in [-0.39, 0.29) is 5.82 Å². The van der Waals surface area contributed by atoms with Crippen molar-refractivity contribution in [1.82, 2.24) is 0 Å². The molecule has 0 saturated carbocycles. The van der Waals surface area contributed by atoms with Crippen molar-refractivity contribution in [2.75, 3.05) is 6.61 Å². The number of aryl methyl sites for hydroxylation is 1. The molecule has 1 aromatic carbocycles. The van der Waals surface area contributed by atoms with E-state index in [1.165, 1.54) is 37.0 Å². The third-order valence-electron chi connectivity index (χ3n) is 2.94. The standard InChI is InChI=1S/C13H17FO/c14-12-7-4-11(5-8-12)6-9-13-3-1-2-10-15-13/h4-5,7-8,13H,1-3,6,9-10H2. The summed E-state index contributed by atoms with van der Waals surface area (Å²) in [5.41, 5.74) is 1.20. The molecule has 0 aromatic heterocycles. The maximum atomic E-state index is 12.7. The van der Waals surface area contributed by atoms with Crippen LogP contribution in [-0.4, -0.2) is 12.7 Å². The second-order valence-corrected chi connectivity index (χ2v) is 4.15. The first-order chi connectivity index (χ1) is 7.34. The molecular formula is C13H17FO. The first kappa shape index (κ1) is 10.6. The van der Waals surface area contributed by atoms with Crippen LogP contribution in [0.4, 0.5) is 4.39 Å². The lowest BCUT2D eigenvalue weighted by molar-refractivity contribution is 0.0115. The van der Waals surface area contributed by atoms with Gasteiger partial charge < -0.3 is 4.74 Å². The van der Waals surface area contributed by atoms with Gasteiger partial charge in [0.1, 0.15) is 5.82 Å². The van der Waals surface area contributed by atoms with Crippen LogP contribution in [0.3, 0.4) is 0 Å². The molecule has 2 rings (SSSR count). The highest BCUT2D eigenvalue weighted by Gasteiger charge is 2.13. The molecule has 0 spiro atoms. The maximum absolute atomic E-state index is 12.7.